The van der Waals surface area contributed by atoms with Crippen LogP contribution in [0.2, 0.25) is 0 Å². The van der Waals surface area contributed by atoms with Gasteiger partial charge in [-0.15, -0.1) is 11.3 Å². The van der Waals surface area contributed by atoms with Gasteiger partial charge >= 0.3 is 0 Å². The highest BCUT2D eigenvalue weighted by Crippen LogP contribution is 2.36. The second-order valence-corrected chi connectivity index (χ2v) is 5.97. The minimum absolute atomic E-state index is 0.533. The van der Waals surface area contributed by atoms with Crippen LogP contribution in [0.1, 0.15) is 27.0 Å². The highest BCUT2D eigenvalue weighted by Gasteiger charge is 2.17. The molecule has 0 aliphatic rings. The van der Waals surface area contributed by atoms with Crippen LogP contribution >= 0.6 is 27.3 Å². The van der Waals surface area contributed by atoms with Crippen molar-refractivity contribution in [2.45, 2.75) is 20.0 Å². The average molecular weight is 297 g/mol. The van der Waals surface area contributed by atoms with Gasteiger partial charge in [0.25, 0.3) is 0 Å². The van der Waals surface area contributed by atoms with E-state index in [0.29, 0.717) is 0 Å². The van der Waals surface area contributed by atoms with Crippen LogP contribution in [-0.4, -0.2) is 5.11 Å². The number of rotatable bonds is 2. The van der Waals surface area contributed by atoms with E-state index >= 15 is 0 Å². The Kier molecular flexibility index (Phi) is 3.47. The summed E-state index contributed by atoms with van der Waals surface area (Å²) < 4.78 is 0.991. The normalized spacial score (nSPS) is 12.8. The summed E-state index contributed by atoms with van der Waals surface area (Å²) in [5.41, 5.74) is 2.10. The fourth-order valence-corrected chi connectivity index (χ4v) is 3.60. The molecular formula is C13H13BrOS. The molecule has 2 aromatic rings. The van der Waals surface area contributed by atoms with Crippen molar-refractivity contribution in [1.82, 2.24) is 0 Å². The van der Waals surface area contributed by atoms with E-state index < -0.39 is 6.10 Å². The number of aliphatic hydroxyl groups excluding tert-OH is 1. The van der Waals surface area contributed by atoms with Crippen molar-refractivity contribution in [3.63, 3.8) is 0 Å². The molecule has 16 heavy (non-hydrogen) atoms. The van der Waals surface area contributed by atoms with Crippen LogP contribution in [0.15, 0.2) is 34.8 Å². The van der Waals surface area contributed by atoms with Crippen molar-refractivity contribution in [1.29, 1.82) is 0 Å². The van der Waals surface area contributed by atoms with E-state index in [0.717, 1.165) is 20.5 Å². The second-order valence-electron chi connectivity index (χ2n) is 3.83. The van der Waals surface area contributed by atoms with Gasteiger partial charge in [-0.3, -0.25) is 0 Å². The van der Waals surface area contributed by atoms with E-state index in [1.54, 1.807) is 11.3 Å². The summed E-state index contributed by atoms with van der Waals surface area (Å²) in [5.74, 6) is 0. The monoisotopic (exact) mass is 296 g/mol. The van der Waals surface area contributed by atoms with Crippen LogP contribution in [0.5, 0.6) is 0 Å². The van der Waals surface area contributed by atoms with E-state index in [2.05, 4.69) is 15.9 Å². The summed E-state index contributed by atoms with van der Waals surface area (Å²) in [4.78, 5) is 2.18. The summed E-state index contributed by atoms with van der Waals surface area (Å²) in [6.07, 6.45) is -0.533. The van der Waals surface area contributed by atoms with E-state index in [9.17, 15) is 5.11 Å². The molecule has 0 aliphatic carbocycles. The number of hydrogen-bond donors (Lipinski definition) is 1. The van der Waals surface area contributed by atoms with Crippen molar-refractivity contribution < 1.29 is 5.11 Å². The number of aliphatic hydroxyl groups is 1. The van der Waals surface area contributed by atoms with Crippen LogP contribution in [0.25, 0.3) is 0 Å². The number of halogens is 1. The van der Waals surface area contributed by atoms with Crippen molar-refractivity contribution in [2.24, 2.45) is 0 Å². The Bertz CT molecular complexity index is 504. The van der Waals surface area contributed by atoms with Crippen LogP contribution in [0, 0.1) is 13.8 Å². The number of thiophene rings is 1. The first-order valence-electron chi connectivity index (χ1n) is 5.09. The van der Waals surface area contributed by atoms with Crippen molar-refractivity contribution in [2.75, 3.05) is 0 Å². The number of hydrogen-bond acceptors (Lipinski definition) is 2. The molecule has 0 aliphatic heterocycles. The summed E-state index contributed by atoms with van der Waals surface area (Å²) >= 11 is 5.12. The quantitative estimate of drug-likeness (QED) is 0.880. The Morgan fingerprint density at radius 3 is 2.50 bits per heavy atom. The zero-order valence-corrected chi connectivity index (χ0v) is 11.6. The van der Waals surface area contributed by atoms with Gasteiger partial charge in [-0.05, 0) is 47.0 Å². The zero-order valence-electron chi connectivity index (χ0n) is 9.20. The van der Waals surface area contributed by atoms with E-state index in [1.165, 1.54) is 4.88 Å². The highest BCUT2D eigenvalue weighted by atomic mass is 79.9. The summed E-state index contributed by atoms with van der Waals surface area (Å²) in [6.45, 7) is 4.07. The number of aryl methyl sites for hydroxylation is 2. The van der Waals surface area contributed by atoms with Gasteiger partial charge in [0, 0.05) is 9.35 Å². The van der Waals surface area contributed by atoms with Gasteiger partial charge in [-0.2, -0.15) is 0 Å². The lowest BCUT2D eigenvalue weighted by atomic mass is 10.0. The van der Waals surface area contributed by atoms with Crippen molar-refractivity contribution in [3.8, 4) is 0 Å². The molecule has 0 radical (unpaired) electrons. The minimum Gasteiger partial charge on any atom is -0.383 e. The largest absolute Gasteiger partial charge is 0.383 e. The lowest BCUT2D eigenvalue weighted by Gasteiger charge is -2.12. The first-order valence-corrected chi connectivity index (χ1v) is 6.70. The van der Waals surface area contributed by atoms with Gasteiger partial charge in [0.1, 0.15) is 6.10 Å². The molecule has 1 N–H and O–H groups in total. The molecule has 84 valence electrons. The SMILES string of the molecule is Cc1cc(Br)c(C(O)c2ccccc2C)s1. The molecule has 0 saturated heterocycles. The second kappa shape index (κ2) is 4.70. The smallest absolute Gasteiger partial charge is 0.115 e. The minimum atomic E-state index is -0.533. The maximum atomic E-state index is 10.3. The van der Waals surface area contributed by atoms with E-state index in [1.807, 2.05) is 44.2 Å². The zero-order chi connectivity index (χ0) is 11.7. The molecule has 1 aromatic heterocycles. The van der Waals surface area contributed by atoms with E-state index in [-0.39, 0.29) is 0 Å². The molecule has 0 saturated carbocycles. The molecule has 0 fully saturated rings. The molecular weight excluding hydrogens is 284 g/mol. The third-order valence-corrected chi connectivity index (χ3v) is 4.59. The Balaban J connectivity index is 2.43. The number of benzene rings is 1. The first-order chi connectivity index (χ1) is 7.59. The van der Waals surface area contributed by atoms with Gasteiger partial charge in [0.05, 0.1) is 4.88 Å². The van der Waals surface area contributed by atoms with Crippen LogP contribution < -0.4 is 0 Å². The lowest BCUT2D eigenvalue weighted by Crippen LogP contribution is -2.00. The fraction of sp³-hybridized carbons (Fsp3) is 0.231. The van der Waals surface area contributed by atoms with Crippen LogP contribution in [-0.2, 0) is 0 Å². The van der Waals surface area contributed by atoms with Crippen molar-refractivity contribution >= 4 is 27.3 Å². The van der Waals surface area contributed by atoms with Crippen LogP contribution in [0.4, 0.5) is 0 Å². The van der Waals surface area contributed by atoms with Gasteiger partial charge in [-0.1, -0.05) is 24.3 Å². The molecule has 1 unspecified atom stereocenters. The summed E-state index contributed by atoms with van der Waals surface area (Å²) in [5, 5.41) is 10.3. The fourth-order valence-electron chi connectivity index (χ4n) is 1.72. The predicted molar refractivity (Wildman–Crippen MR) is 72.0 cm³/mol. The summed E-state index contributed by atoms with van der Waals surface area (Å²) in [7, 11) is 0. The van der Waals surface area contributed by atoms with E-state index in [4.69, 9.17) is 0 Å². The molecule has 1 atom stereocenters. The predicted octanol–water partition coefficient (Wildman–Crippen LogP) is 4.21. The maximum Gasteiger partial charge on any atom is 0.115 e. The Hall–Kier alpha value is -0.640. The molecule has 0 spiro atoms. The molecule has 0 amide bonds. The van der Waals surface area contributed by atoms with Gasteiger partial charge in [0.2, 0.25) is 0 Å². The molecule has 1 heterocycles. The van der Waals surface area contributed by atoms with Gasteiger partial charge in [0.15, 0.2) is 0 Å². The average Bonchev–Trinajstić information content (AvgIpc) is 2.58. The standard InChI is InChI=1S/C13H13BrOS/c1-8-5-3-4-6-10(8)12(15)13-11(14)7-9(2)16-13/h3-7,12,15H,1-2H3. The topological polar surface area (TPSA) is 20.2 Å². The van der Waals surface area contributed by atoms with Gasteiger partial charge < -0.3 is 5.11 Å². The summed E-state index contributed by atoms with van der Waals surface area (Å²) in [6, 6.07) is 9.98. The van der Waals surface area contributed by atoms with Crippen molar-refractivity contribution in [3.05, 3.63) is 55.7 Å². The highest BCUT2D eigenvalue weighted by molar-refractivity contribution is 9.10. The molecule has 3 heteroatoms. The third-order valence-electron chi connectivity index (χ3n) is 2.57. The Morgan fingerprint density at radius 1 is 1.25 bits per heavy atom. The maximum absolute atomic E-state index is 10.3. The van der Waals surface area contributed by atoms with Gasteiger partial charge in [-0.25, -0.2) is 0 Å². The molecule has 1 nitrogen and oxygen atoms in total. The van der Waals surface area contributed by atoms with Crippen LogP contribution in [0.3, 0.4) is 0 Å². The molecule has 0 bridgehead atoms. The Labute approximate surface area is 108 Å². The lowest BCUT2D eigenvalue weighted by molar-refractivity contribution is 0.222. The molecule has 1 aromatic carbocycles. The first kappa shape index (κ1) is 11.8. The third kappa shape index (κ3) is 2.21. The Morgan fingerprint density at radius 2 is 1.94 bits per heavy atom. The molecule has 2 rings (SSSR count).